The van der Waals surface area contributed by atoms with Crippen molar-refractivity contribution in [2.24, 2.45) is 16.7 Å². The van der Waals surface area contributed by atoms with Crippen LogP contribution in [0.15, 0.2) is 72.3 Å². The molecular weight excluding hydrogens is 1150 g/mol. The smallest absolute Gasteiger partial charge is 0.338 e. The van der Waals surface area contributed by atoms with Crippen molar-refractivity contribution in [2.75, 3.05) is 35.0 Å². The molecule has 5 N–H and O–H groups in total. The minimum Gasteiger partial charge on any atom is -0.461 e. The van der Waals surface area contributed by atoms with E-state index in [9.17, 15) is 39.9 Å². The van der Waals surface area contributed by atoms with E-state index in [2.05, 4.69) is 0 Å². The van der Waals surface area contributed by atoms with Crippen molar-refractivity contribution >= 4 is 17.9 Å². The molecule has 0 spiro atoms. The highest BCUT2D eigenvalue weighted by molar-refractivity contribution is 5.90. The molecule has 490 valence electrons. The lowest BCUT2D eigenvalue weighted by Gasteiger charge is -2.67. The Balaban J connectivity index is 0.822. The van der Waals surface area contributed by atoms with E-state index in [0.717, 1.165) is 5.57 Å². The Morgan fingerprint density at radius 1 is 0.625 bits per heavy atom. The van der Waals surface area contributed by atoms with Crippen LogP contribution in [0, 0.1) is 16.7 Å². The number of carbonyl (C=O) groups is 3. The number of carbonyl (C=O) groups excluding carboxylic acids is 3. The summed E-state index contributed by atoms with van der Waals surface area (Å²) in [5, 5.41) is 61.5. The SMILES string of the molecule is COC1CC(OC2CCC3(COC(=O)c4ccccc4)C(=CCC4(O)C3CC(OC(=O)c3ccccc3)C3(C)C(O)(C(C)OC(C)=O)CCC43O)C2)OC(C)C1OC1CC(OC)C(OC2CC(OC)C(OC3OC(C)C(O)C(OC)C3O)C(C)O2)C(C)O1. The Bertz CT molecular complexity index is 2740. The lowest BCUT2D eigenvalue weighted by atomic mass is 9.42. The molecule has 26 atom stereocenters. The van der Waals surface area contributed by atoms with Crippen LogP contribution >= 0.6 is 0 Å². The topological polar surface area (TPSA) is 291 Å². The van der Waals surface area contributed by atoms with E-state index in [-0.39, 0.29) is 44.3 Å². The van der Waals surface area contributed by atoms with E-state index in [1.807, 2.05) is 26.8 Å². The standard InChI is InChI=1S/C65H92O23/c1-34-52(67)57(77-11)53(68)60(82-34)88-56-37(4)81-51(31-46(56)76-10)87-55-36(3)80-50(30-45(55)75-9)86-54-35(2)79-49(29-44(54)74-8)84-43-23-24-62(33-78-58(69)40-18-14-12-15-19-40)42(28-43)22-25-64(72)47(62)32-48(85-59(70)41-20-16-13-17-21-41)61(7)63(71,26-27-65(61,64)73)38(5)83-39(6)66/h12-22,34-38,43-57,60,67-68,71-73H,23-33H2,1-11H3. The van der Waals surface area contributed by atoms with Crippen molar-refractivity contribution in [3.63, 3.8) is 0 Å². The predicted octanol–water partition coefficient (Wildman–Crippen LogP) is 5.01. The zero-order chi connectivity index (χ0) is 63.3. The van der Waals surface area contributed by atoms with Crippen LogP contribution in [0.4, 0.5) is 0 Å². The van der Waals surface area contributed by atoms with E-state index < -0.39 is 174 Å². The number of hydrogen-bond acceptors (Lipinski definition) is 23. The summed E-state index contributed by atoms with van der Waals surface area (Å²) in [5.41, 5.74) is -7.63. The number of aliphatic hydroxyl groups is 5. The van der Waals surface area contributed by atoms with Crippen molar-refractivity contribution < 1.29 is 111 Å². The van der Waals surface area contributed by atoms with E-state index in [4.69, 9.17) is 71.1 Å². The van der Waals surface area contributed by atoms with Crippen molar-refractivity contribution in [1.82, 2.24) is 0 Å². The van der Waals surface area contributed by atoms with Crippen LogP contribution in [-0.2, 0) is 75.8 Å². The molecule has 10 rings (SSSR count). The number of fused-ring (bicyclic) bond motifs is 5. The van der Waals surface area contributed by atoms with Gasteiger partial charge in [-0.15, -0.1) is 0 Å². The first-order chi connectivity index (χ1) is 41.9. The minimum atomic E-state index is -2.14. The molecule has 0 radical (unpaired) electrons. The molecule has 4 saturated heterocycles. The number of hydrogen-bond donors (Lipinski definition) is 5. The van der Waals surface area contributed by atoms with Gasteiger partial charge in [-0.1, -0.05) is 55.0 Å². The normalized spacial score (nSPS) is 44.5. The first-order valence-corrected chi connectivity index (χ1v) is 31.1. The highest BCUT2D eigenvalue weighted by Crippen LogP contribution is 2.72. The molecule has 2 aromatic carbocycles. The summed E-state index contributed by atoms with van der Waals surface area (Å²) in [7, 11) is 6.18. The summed E-state index contributed by atoms with van der Waals surface area (Å²) < 4.78 is 93.6. The number of aliphatic hydroxyl groups excluding tert-OH is 2. The van der Waals surface area contributed by atoms with Crippen LogP contribution in [0.5, 0.6) is 0 Å². The van der Waals surface area contributed by atoms with Gasteiger partial charge in [-0.25, -0.2) is 9.59 Å². The molecule has 4 aliphatic carbocycles. The van der Waals surface area contributed by atoms with E-state index in [1.54, 1.807) is 103 Å². The third-order valence-corrected chi connectivity index (χ3v) is 21.2. The second kappa shape index (κ2) is 26.9. The van der Waals surface area contributed by atoms with Crippen LogP contribution in [0.3, 0.4) is 0 Å². The second-order valence-electron chi connectivity index (χ2n) is 25.8. The highest BCUT2D eigenvalue weighted by Gasteiger charge is 2.82. The molecule has 4 heterocycles. The summed E-state index contributed by atoms with van der Waals surface area (Å²) in [6.45, 7) is 11.4. The number of rotatable bonds is 19. The first-order valence-electron chi connectivity index (χ1n) is 31.1. The predicted molar refractivity (Wildman–Crippen MR) is 309 cm³/mol. The van der Waals surface area contributed by atoms with Gasteiger partial charge in [0.1, 0.15) is 72.2 Å². The zero-order valence-corrected chi connectivity index (χ0v) is 52.3. The highest BCUT2D eigenvalue weighted by atomic mass is 16.8. The number of benzene rings is 2. The lowest BCUT2D eigenvalue weighted by molar-refractivity contribution is -0.356. The maximum atomic E-state index is 14.2. The van der Waals surface area contributed by atoms with Gasteiger partial charge in [0.05, 0.1) is 65.4 Å². The summed E-state index contributed by atoms with van der Waals surface area (Å²) in [6, 6.07) is 17.0. The molecule has 0 amide bonds. The second-order valence-corrected chi connectivity index (χ2v) is 25.8. The Morgan fingerprint density at radius 3 is 1.67 bits per heavy atom. The molecule has 0 bridgehead atoms. The molecule has 26 unspecified atom stereocenters. The largest absolute Gasteiger partial charge is 0.461 e. The van der Waals surface area contributed by atoms with Crippen LogP contribution in [0.1, 0.15) is 133 Å². The zero-order valence-electron chi connectivity index (χ0n) is 52.3. The summed E-state index contributed by atoms with van der Waals surface area (Å²) in [4.78, 5) is 40.6. The van der Waals surface area contributed by atoms with E-state index >= 15 is 0 Å². The molecule has 0 aromatic heterocycles. The Hall–Kier alpha value is -4.09. The fraction of sp³-hybridized carbons (Fsp3) is 0.738. The van der Waals surface area contributed by atoms with Crippen LogP contribution in [0.25, 0.3) is 0 Å². The van der Waals surface area contributed by atoms with Crippen molar-refractivity contribution in [3.05, 3.63) is 83.4 Å². The maximum absolute atomic E-state index is 14.2. The van der Waals surface area contributed by atoms with Gasteiger partial charge in [0.15, 0.2) is 25.2 Å². The van der Waals surface area contributed by atoms with Crippen LogP contribution < -0.4 is 0 Å². The number of ether oxygens (including phenoxy) is 15. The van der Waals surface area contributed by atoms with Gasteiger partial charge in [0, 0.05) is 66.0 Å². The van der Waals surface area contributed by atoms with Crippen LogP contribution in [0.2, 0.25) is 0 Å². The molecule has 8 aliphatic rings. The van der Waals surface area contributed by atoms with Gasteiger partial charge in [-0.3, -0.25) is 4.79 Å². The van der Waals surface area contributed by atoms with Crippen molar-refractivity contribution in [3.8, 4) is 0 Å². The summed E-state index contributed by atoms with van der Waals surface area (Å²) in [5.74, 6) is -2.84. The first kappa shape index (κ1) is 66.8. The van der Waals surface area contributed by atoms with Crippen molar-refractivity contribution in [2.45, 2.75) is 252 Å². The molecule has 23 heteroatoms. The molecule has 23 nitrogen and oxygen atoms in total. The van der Waals surface area contributed by atoms with Gasteiger partial charge in [-0.2, -0.15) is 0 Å². The third kappa shape index (κ3) is 12.2. The lowest BCUT2D eigenvalue weighted by Crippen LogP contribution is -2.79. The maximum Gasteiger partial charge on any atom is 0.338 e. The van der Waals surface area contributed by atoms with Gasteiger partial charge < -0.3 is 96.6 Å². The summed E-state index contributed by atoms with van der Waals surface area (Å²) in [6.07, 6.45) is -11.6. The van der Waals surface area contributed by atoms with Gasteiger partial charge in [0.2, 0.25) is 0 Å². The van der Waals surface area contributed by atoms with Crippen LogP contribution in [-0.4, -0.2) is 218 Å². The fourth-order valence-corrected chi connectivity index (χ4v) is 16.3. The Labute approximate surface area is 514 Å². The molecule has 7 fully saturated rings. The van der Waals surface area contributed by atoms with Gasteiger partial charge in [-0.05, 0) is 104 Å². The fourth-order valence-electron chi connectivity index (χ4n) is 16.3. The monoisotopic (exact) mass is 1240 g/mol. The molecule has 4 aliphatic heterocycles. The van der Waals surface area contributed by atoms with Gasteiger partial charge >= 0.3 is 17.9 Å². The van der Waals surface area contributed by atoms with E-state index in [1.165, 1.54) is 14.0 Å². The average Bonchev–Trinajstić information content (AvgIpc) is 1.33. The number of esters is 3. The van der Waals surface area contributed by atoms with E-state index in [0.29, 0.717) is 37.7 Å². The quantitative estimate of drug-likeness (QED) is 0.0702. The molecular formula is C65H92O23. The Morgan fingerprint density at radius 2 is 1.15 bits per heavy atom. The summed E-state index contributed by atoms with van der Waals surface area (Å²) >= 11 is 0. The molecule has 88 heavy (non-hydrogen) atoms. The molecule has 3 saturated carbocycles. The number of methoxy groups -OCH3 is 4. The van der Waals surface area contributed by atoms with Crippen molar-refractivity contribution in [1.29, 1.82) is 0 Å². The minimum absolute atomic E-state index is 0.0651. The third-order valence-electron chi connectivity index (χ3n) is 21.2. The average molecular weight is 1240 g/mol. The Kier molecular flexibility index (Phi) is 20.4. The van der Waals surface area contributed by atoms with Gasteiger partial charge in [0.25, 0.3) is 0 Å². The molecule has 2 aromatic rings.